The molecule has 0 aliphatic heterocycles. The summed E-state index contributed by atoms with van der Waals surface area (Å²) < 4.78 is 5.66. The summed E-state index contributed by atoms with van der Waals surface area (Å²) in [6.07, 6.45) is 2.75. The maximum Gasteiger partial charge on any atom is 0.303 e. The lowest BCUT2D eigenvalue weighted by molar-refractivity contribution is -0.156. The lowest BCUT2D eigenvalue weighted by Crippen LogP contribution is -2.51. The SMILES string of the molecule is CC(=O)OC(CC1(C(N)=O)CC(C)(C)CCC1C(C)C)c1ccccc1. The van der Waals surface area contributed by atoms with Crippen LogP contribution in [0.4, 0.5) is 0 Å². The van der Waals surface area contributed by atoms with Crippen molar-refractivity contribution in [2.75, 3.05) is 0 Å². The predicted octanol–water partition coefficient (Wildman–Crippen LogP) is 4.63. The maximum absolute atomic E-state index is 12.8. The quantitative estimate of drug-likeness (QED) is 0.753. The molecule has 0 bridgehead atoms. The molecule has 1 saturated carbocycles. The molecule has 3 unspecified atom stereocenters. The van der Waals surface area contributed by atoms with Crippen LogP contribution in [0.5, 0.6) is 0 Å². The number of carbonyl (C=O) groups is 2. The summed E-state index contributed by atoms with van der Waals surface area (Å²) in [6, 6.07) is 9.67. The van der Waals surface area contributed by atoms with E-state index in [1.807, 2.05) is 30.3 Å². The summed E-state index contributed by atoms with van der Waals surface area (Å²) in [7, 11) is 0. The monoisotopic (exact) mass is 359 g/mol. The van der Waals surface area contributed by atoms with Crippen molar-refractivity contribution in [1.29, 1.82) is 0 Å². The fraction of sp³-hybridized carbons (Fsp3) is 0.636. The van der Waals surface area contributed by atoms with Gasteiger partial charge in [-0.05, 0) is 42.1 Å². The Balaban J connectivity index is 2.47. The average molecular weight is 360 g/mol. The third kappa shape index (κ3) is 4.46. The molecule has 1 aliphatic carbocycles. The van der Waals surface area contributed by atoms with E-state index in [-0.39, 0.29) is 23.2 Å². The smallest absolute Gasteiger partial charge is 0.303 e. The van der Waals surface area contributed by atoms with Gasteiger partial charge in [0.2, 0.25) is 5.91 Å². The number of amides is 1. The fourth-order valence-electron chi connectivity index (χ4n) is 4.89. The number of ether oxygens (including phenoxy) is 1. The molecular weight excluding hydrogens is 326 g/mol. The maximum atomic E-state index is 12.8. The van der Waals surface area contributed by atoms with E-state index in [0.717, 1.165) is 24.8 Å². The van der Waals surface area contributed by atoms with Gasteiger partial charge in [0.15, 0.2) is 0 Å². The Hall–Kier alpha value is -1.84. The van der Waals surface area contributed by atoms with E-state index in [1.54, 1.807) is 0 Å². The van der Waals surface area contributed by atoms with E-state index in [9.17, 15) is 9.59 Å². The first-order chi connectivity index (χ1) is 12.1. The van der Waals surface area contributed by atoms with Gasteiger partial charge in [-0.15, -0.1) is 0 Å². The number of nitrogens with two attached hydrogens (primary N) is 1. The largest absolute Gasteiger partial charge is 0.458 e. The Bertz CT molecular complexity index is 638. The van der Waals surface area contributed by atoms with Gasteiger partial charge >= 0.3 is 5.97 Å². The summed E-state index contributed by atoms with van der Waals surface area (Å²) in [4.78, 5) is 24.6. The molecule has 0 aromatic heterocycles. The summed E-state index contributed by atoms with van der Waals surface area (Å²) in [5, 5.41) is 0. The van der Waals surface area contributed by atoms with Gasteiger partial charge in [-0.25, -0.2) is 0 Å². The molecule has 1 aromatic rings. The van der Waals surface area contributed by atoms with Gasteiger partial charge in [-0.2, -0.15) is 0 Å². The van der Waals surface area contributed by atoms with Crippen LogP contribution in [0.25, 0.3) is 0 Å². The second kappa shape index (κ2) is 7.81. The Labute approximate surface area is 157 Å². The first-order valence-corrected chi connectivity index (χ1v) is 9.59. The van der Waals surface area contributed by atoms with Gasteiger partial charge in [0, 0.05) is 13.3 Å². The van der Waals surface area contributed by atoms with E-state index in [4.69, 9.17) is 10.5 Å². The predicted molar refractivity (Wildman–Crippen MR) is 103 cm³/mol. The Morgan fingerprint density at radius 1 is 1.23 bits per heavy atom. The molecule has 144 valence electrons. The lowest BCUT2D eigenvalue weighted by atomic mass is 9.53. The topological polar surface area (TPSA) is 69.4 Å². The van der Waals surface area contributed by atoms with Crippen molar-refractivity contribution in [3.63, 3.8) is 0 Å². The minimum absolute atomic E-state index is 0.0396. The summed E-state index contributed by atoms with van der Waals surface area (Å²) in [5.74, 6) is -0.0751. The van der Waals surface area contributed by atoms with Crippen molar-refractivity contribution in [2.45, 2.75) is 66.4 Å². The molecule has 1 aromatic carbocycles. The second-order valence-corrected chi connectivity index (χ2v) is 8.96. The molecule has 26 heavy (non-hydrogen) atoms. The van der Waals surface area contributed by atoms with Crippen LogP contribution >= 0.6 is 0 Å². The molecule has 1 fully saturated rings. The molecule has 0 heterocycles. The van der Waals surface area contributed by atoms with Crippen molar-refractivity contribution >= 4 is 11.9 Å². The number of hydrogen-bond donors (Lipinski definition) is 1. The van der Waals surface area contributed by atoms with Crippen LogP contribution in [-0.2, 0) is 14.3 Å². The zero-order valence-corrected chi connectivity index (χ0v) is 16.7. The van der Waals surface area contributed by atoms with Gasteiger partial charge < -0.3 is 10.5 Å². The van der Waals surface area contributed by atoms with Gasteiger partial charge in [-0.3, -0.25) is 9.59 Å². The van der Waals surface area contributed by atoms with Crippen LogP contribution in [0.3, 0.4) is 0 Å². The highest BCUT2D eigenvalue weighted by Gasteiger charge is 2.53. The van der Waals surface area contributed by atoms with Crippen molar-refractivity contribution in [3.05, 3.63) is 35.9 Å². The first-order valence-electron chi connectivity index (χ1n) is 9.59. The highest BCUT2D eigenvalue weighted by Crippen LogP contribution is 2.55. The van der Waals surface area contributed by atoms with Crippen molar-refractivity contribution in [2.24, 2.45) is 28.4 Å². The minimum Gasteiger partial charge on any atom is -0.458 e. The van der Waals surface area contributed by atoms with Gasteiger partial charge in [0.25, 0.3) is 0 Å². The van der Waals surface area contributed by atoms with Crippen LogP contribution < -0.4 is 5.73 Å². The first kappa shape index (κ1) is 20.5. The number of carbonyl (C=O) groups excluding carboxylic acids is 2. The van der Waals surface area contributed by atoms with Crippen molar-refractivity contribution in [1.82, 2.24) is 0 Å². The van der Waals surface area contributed by atoms with E-state index < -0.39 is 11.5 Å². The van der Waals surface area contributed by atoms with E-state index >= 15 is 0 Å². The molecule has 1 amide bonds. The molecule has 0 saturated heterocycles. The second-order valence-electron chi connectivity index (χ2n) is 8.96. The molecule has 2 N–H and O–H groups in total. The molecule has 1 aliphatic rings. The van der Waals surface area contributed by atoms with Gasteiger partial charge in [0.05, 0.1) is 5.41 Å². The summed E-state index contributed by atoms with van der Waals surface area (Å²) >= 11 is 0. The summed E-state index contributed by atoms with van der Waals surface area (Å²) in [5.41, 5.74) is 6.31. The van der Waals surface area contributed by atoms with E-state index in [2.05, 4.69) is 27.7 Å². The molecule has 4 heteroatoms. The molecular formula is C22H33NO3. The van der Waals surface area contributed by atoms with Crippen LogP contribution in [0, 0.1) is 22.7 Å². The van der Waals surface area contributed by atoms with E-state index in [1.165, 1.54) is 6.92 Å². The average Bonchev–Trinajstić information content (AvgIpc) is 2.53. The van der Waals surface area contributed by atoms with Crippen LogP contribution in [0.1, 0.15) is 72.0 Å². The highest BCUT2D eigenvalue weighted by atomic mass is 16.5. The van der Waals surface area contributed by atoms with Crippen molar-refractivity contribution < 1.29 is 14.3 Å². The summed E-state index contributed by atoms with van der Waals surface area (Å²) in [6.45, 7) is 10.1. The van der Waals surface area contributed by atoms with Crippen molar-refractivity contribution in [3.8, 4) is 0 Å². The number of esters is 1. The van der Waals surface area contributed by atoms with E-state index in [0.29, 0.717) is 12.3 Å². The zero-order valence-electron chi connectivity index (χ0n) is 16.7. The minimum atomic E-state index is -0.675. The molecule has 4 nitrogen and oxygen atoms in total. The van der Waals surface area contributed by atoms with Crippen LogP contribution in [-0.4, -0.2) is 11.9 Å². The number of primary amides is 1. The molecule has 0 spiro atoms. The standard InChI is InChI=1S/C22H33NO3/c1-15(2)18-11-12-21(4,5)14-22(18,20(23)25)13-19(26-16(3)24)17-9-7-6-8-10-17/h6-10,15,18-19H,11-14H2,1-5H3,(H2,23,25). The Morgan fingerprint density at radius 3 is 2.35 bits per heavy atom. The van der Waals surface area contributed by atoms with Gasteiger partial charge in [-0.1, -0.05) is 58.0 Å². The number of hydrogen-bond acceptors (Lipinski definition) is 3. The third-order valence-corrected chi connectivity index (χ3v) is 5.96. The molecule has 2 rings (SSSR count). The normalized spacial score (nSPS) is 26.3. The highest BCUT2D eigenvalue weighted by molar-refractivity contribution is 5.81. The van der Waals surface area contributed by atoms with Crippen LogP contribution in [0.2, 0.25) is 0 Å². The molecule has 0 radical (unpaired) electrons. The Kier molecular flexibility index (Phi) is 6.15. The van der Waals surface area contributed by atoms with Crippen LogP contribution in [0.15, 0.2) is 30.3 Å². The molecule has 3 atom stereocenters. The third-order valence-electron chi connectivity index (χ3n) is 5.96. The number of rotatable bonds is 6. The number of benzene rings is 1. The Morgan fingerprint density at radius 2 is 1.85 bits per heavy atom. The zero-order chi connectivity index (χ0) is 19.5. The lowest BCUT2D eigenvalue weighted by Gasteiger charge is -2.51. The fourth-order valence-corrected chi connectivity index (χ4v) is 4.89. The van der Waals surface area contributed by atoms with Gasteiger partial charge in [0.1, 0.15) is 6.10 Å².